The lowest BCUT2D eigenvalue weighted by Crippen LogP contribution is -2.41. The number of nitrogens with zero attached hydrogens (tertiary/aromatic N) is 1. The third kappa shape index (κ3) is 2.76. The first-order valence-electron chi connectivity index (χ1n) is 8.43. The summed E-state index contributed by atoms with van der Waals surface area (Å²) in [5.41, 5.74) is 3.49. The van der Waals surface area contributed by atoms with Gasteiger partial charge in [0.15, 0.2) is 0 Å². The summed E-state index contributed by atoms with van der Waals surface area (Å²) in [5, 5.41) is 0. The van der Waals surface area contributed by atoms with Gasteiger partial charge in [-0.15, -0.1) is 0 Å². The van der Waals surface area contributed by atoms with Crippen LogP contribution >= 0.6 is 0 Å². The third-order valence-corrected chi connectivity index (χ3v) is 4.96. The van der Waals surface area contributed by atoms with E-state index in [2.05, 4.69) is 0 Å². The number of esters is 1. The van der Waals surface area contributed by atoms with Gasteiger partial charge in [0.1, 0.15) is 13.2 Å². The second kappa shape index (κ2) is 6.24. The quantitative estimate of drug-likeness (QED) is 0.805. The molecule has 2 aromatic rings. The molecule has 2 heterocycles. The Morgan fingerprint density at radius 3 is 2.80 bits per heavy atom. The van der Waals surface area contributed by atoms with Crippen molar-refractivity contribution >= 4 is 12.1 Å². The first-order valence-corrected chi connectivity index (χ1v) is 8.43. The number of carbonyl (C=O) groups is 2. The molecule has 2 aliphatic rings. The summed E-state index contributed by atoms with van der Waals surface area (Å²) >= 11 is 0. The minimum atomic E-state index is -0.327. The normalized spacial score (nSPS) is 21.3. The van der Waals surface area contributed by atoms with Crippen LogP contribution in [0.1, 0.15) is 40.0 Å². The summed E-state index contributed by atoms with van der Waals surface area (Å²) in [6.07, 6.45) is 0.336. The molecule has 0 aromatic heterocycles. The van der Waals surface area contributed by atoms with Crippen molar-refractivity contribution in [3.8, 4) is 0 Å². The minimum Gasteiger partial charge on any atom is -0.457 e. The van der Waals surface area contributed by atoms with Crippen LogP contribution < -0.4 is 0 Å². The van der Waals surface area contributed by atoms with Crippen molar-refractivity contribution in [3.63, 3.8) is 0 Å². The fraction of sp³-hybridized carbons (Fsp3) is 0.300. The number of ether oxygens (including phenoxy) is 2. The smallest absolute Gasteiger partial charge is 0.410 e. The van der Waals surface area contributed by atoms with Crippen molar-refractivity contribution in [1.29, 1.82) is 0 Å². The second-order valence-electron chi connectivity index (χ2n) is 6.45. The van der Waals surface area contributed by atoms with E-state index in [-0.39, 0.29) is 30.8 Å². The Morgan fingerprint density at radius 2 is 2.00 bits per heavy atom. The lowest BCUT2D eigenvalue weighted by atomic mass is 9.86. The van der Waals surface area contributed by atoms with Crippen LogP contribution in [-0.2, 0) is 22.5 Å². The summed E-state index contributed by atoms with van der Waals surface area (Å²) in [4.78, 5) is 26.3. The predicted molar refractivity (Wildman–Crippen MR) is 91.1 cm³/mol. The Kier molecular flexibility index (Phi) is 3.92. The number of hydrogen-bond acceptors (Lipinski definition) is 4. The van der Waals surface area contributed by atoms with Crippen LogP contribution in [0.5, 0.6) is 0 Å². The van der Waals surface area contributed by atoms with Gasteiger partial charge in [0.2, 0.25) is 0 Å². The Morgan fingerprint density at radius 1 is 1.20 bits per heavy atom. The van der Waals surface area contributed by atoms with Crippen LogP contribution in [-0.4, -0.2) is 29.6 Å². The fourth-order valence-corrected chi connectivity index (χ4v) is 3.70. The molecular formula is C20H19NO4. The number of fused-ring (bicyclic) bond motifs is 2. The molecule has 2 aromatic carbocycles. The van der Waals surface area contributed by atoms with Gasteiger partial charge in [-0.05, 0) is 36.1 Å². The van der Waals surface area contributed by atoms with E-state index in [0.717, 1.165) is 16.7 Å². The van der Waals surface area contributed by atoms with Crippen LogP contribution in [0.25, 0.3) is 0 Å². The molecular weight excluding hydrogens is 318 g/mol. The highest BCUT2D eigenvalue weighted by molar-refractivity contribution is 5.92. The number of rotatable bonds is 3. The average molecular weight is 337 g/mol. The minimum absolute atomic E-state index is 0.0157. The molecule has 5 heteroatoms. The summed E-state index contributed by atoms with van der Waals surface area (Å²) in [7, 11) is 0. The van der Waals surface area contributed by atoms with E-state index in [1.165, 1.54) is 0 Å². The van der Waals surface area contributed by atoms with E-state index in [9.17, 15) is 9.59 Å². The van der Waals surface area contributed by atoms with Gasteiger partial charge in [-0.3, -0.25) is 4.90 Å². The van der Waals surface area contributed by atoms with Gasteiger partial charge in [0, 0.05) is 0 Å². The van der Waals surface area contributed by atoms with Crippen molar-refractivity contribution < 1.29 is 19.1 Å². The van der Waals surface area contributed by atoms with Crippen molar-refractivity contribution in [2.75, 3.05) is 6.61 Å². The Hall–Kier alpha value is -2.82. The van der Waals surface area contributed by atoms with Crippen molar-refractivity contribution in [1.82, 2.24) is 4.90 Å². The molecule has 2 atom stereocenters. The topological polar surface area (TPSA) is 55.8 Å². The molecule has 0 spiro atoms. The van der Waals surface area contributed by atoms with Crippen molar-refractivity contribution in [2.24, 2.45) is 0 Å². The van der Waals surface area contributed by atoms with Gasteiger partial charge in [0.05, 0.1) is 17.6 Å². The molecule has 0 saturated carbocycles. The van der Waals surface area contributed by atoms with Gasteiger partial charge >= 0.3 is 12.1 Å². The molecule has 5 nitrogen and oxygen atoms in total. The zero-order chi connectivity index (χ0) is 17.4. The first-order chi connectivity index (χ1) is 12.1. The molecule has 0 radical (unpaired) electrons. The molecule has 1 fully saturated rings. The van der Waals surface area contributed by atoms with Gasteiger partial charge in [-0.2, -0.15) is 0 Å². The lowest BCUT2D eigenvalue weighted by molar-refractivity contribution is 0.0470. The van der Waals surface area contributed by atoms with Gasteiger partial charge in [0.25, 0.3) is 0 Å². The zero-order valence-electron chi connectivity index (χ0n) is 14.0. The highest BCUT2D eigenvalue weighted by Crippen LogP contribution is 2.37. The molecule has 2 aliphatic heterocycles. The zero-order valence-corrected chi connectivity index (χ0v) is 14.0. The monoisotopic (exact) mass is 337 g/mol. The van der Waals surface area contributed by atoms with E-state index in [0.29, 0.717) is 18.6 Å². The van der Waals surface area contributed by atoms with Crippen LogP contribution in [0.15, 0.2) is 48.5 Å². The number of cyclic esters (lactones) is 1. The van der Waals surface area contributed by atoms with Crippen LogP contribution in [0.2, 0.25) is 0 Å². The molecule has 1 amide bonds. The maximum Gasteiger partial charge on any atom is 0.410 e. The van der Waals surface area contributed by atoms with Crippen LogP contribution in [0.3, 0.4) is 0 Å². The highest BCUT2D eigenvalue weighted by Gasteiger charge is 2.42. The fourth-order valence-electron chi connectivity index (χ4n) is 3.70. The van der Waals surface area contributed by atoms with Gasteiger partial charge < -0.3 is 9.47 Å². The number of benzene rings is 2. The van der Waals surface area contributed by atoms with Crippen molar-refractivity contribution in [3.05, 3.63) is 70.8 Å². The molecule has 1 saturated heterocycles. The Labute approximate surface area is 146 Å². The molecule has 4 rings (SSSR count). The Bertz CT molecular complexity index is 818. The summed E-state index contributed by atoms with van der Waals surface area (Å²) in [5.74, 6) is -0.327. The first kappa shape index (κ1) is 15.7. The lowest BCUT2D eigenvalue weighted by Gasteiger charge is -2.35. The second-order valence-corrected chi connectivity index (χ2v) is 6.45. The molecule has 25 heavy (non-hydrogen) atoms. The highest BCUT2D eigenvalue weighted by atomic mass is 16.6. The Balaban J connectivity index is 1.59. The molecule has 0 aliphatic carbocycles. The summed E-state index contributed by atoms with van der Waals surface area (Å²) in [6, 6.07) is 15.1. The van der Waals surface area contributed by atoms with E-state index in [1.807, 2.05) is 49.4 Å². The standard InChI is InChI=1S/C20H19NO4/c1-13-16-8-5-9-17(18(16)10-15-12-25-20(23)21(13)15)19(22)24-11-14-6-3-2-4-7-14/h2-9,13,15H,10-12H2,1H3/t13-,15+/m0/s1. The maximum absolute atomic E-state index is 12.6. The van der Waals surface area contributed by atoms with E-state index >= 15 is 0 Å². The van der Waals surface area contributed by atoms with Gasteiger partial charge in [-0.25, -0.2) is 9.59 Å². The van der Waals surface area contributed by atoms with Gasteiger partial charge in [-0.1, -0.05) is 42.5 Å². The van der Waals surface area contributed by atoms with Crippen LogP contribution in [0, 0.1) is 0 Å². The van der Waals surface area contributed by atoms with Crippen LogP contribution in [0.4, 0.5) is 4.79 Å². The largest absolute Gasteiger partial charge is 0.457 e. The molecule has 0 N–H and O–H groups in total. The molecule has 128 valence electrons. The summed E-state index contributed by atoms with van der Waals surface area (Å²) in [6.45, 7) is 2.59. The number of amides is 1. The van der Waals surface area contributed by atoms with Crippen molar-refractivity contribution in [2.45, 2.75) is 32.0 Å². The number of hydrogen-bond donors (Lipinski definition) is 0. The average Bonchev–Trinajstić information content (AvgIpc) is 3.01. The third-order valence-electron chi connectivity index (χ3n) is 4.96. The maximum atomic E-state index is 12.6. The van der Waals surface area contributed by atoms with E-state index in [1.54, 1.807) is 11.0 Å². The van der Waals surface area contributed by atoms with E-state index in [4.69, 9.17) is 9.47 Å². The SMILES string of the molecule is C[C@H]1c2cccc(C(=O)OCc3ccccc3)c2C[C@@H]2COC(=O)N21. The predicted octanol–water partition coefficient (Wildman–Crippen LogP) is 3.48. The summed E-state index contributed by atoms with van der Waals surface area (Å²) < 4.78 is 10.7. The van der Waals surface area contributed by atoms with E-state index < -0.39 is 0 Å². The number of carbonyl (C=O) groups excluding carboxylic acids is 2. The molecule has 0 unspecified atom stereocenters. The molecule has 0 bridgehead atoms.